The zero-order valence-electron chi connectivity index (χ0n) is 11.3. The van der Waals surface area contributed by atoms with Crippen molar-refractivity contribution < 1.29 is 26.7 Å². The van der Waals surface area contributed by atoms with Gasteiger partial charge in [-0.1, -0.05) is 12.1 Å². The Morgan fingerprint density at radius 3 is 2.73 bits per heavy atom. The number of hydrogen-bond donors (Lipinski definition) is 2. The molecule has 0 spiro atoms. The zero-order valence-corrected chi connectivity index (χ0v) is 12.2. The number of carbonyl (C=O) groups excluding carboxylic acids is 3. The Morgan fingerprint density at radius 1 is 1.36 bits per heavy atom. The van der Waals surface area contributed by atoms with E-state index in [2.05, 4.69) is 10.6 Å². The van der Waals surface area contributed by atoms with Gasteiger partial charge in [0.1, 0.15) is 6.04 Å². The van der Waals surface area contributed by atoms with Gasteiger partial charge in [-0.2, -0.15) is 8.42 Å². The largest absolute Gasteiger partial charge is 0.344 e. The number of hydrogen-bond acceptors (Lipinski definition) is 5. The van der Waals surface area contributed by atoms with Gasteiger partial charge in [0.05, 0.1) is 11.3 Å². The molecule has 1 aromatic rings. The molecule has 1 aromatic carbocycles. The standard InChI is InChI=1S/C13H13FN2O5S/c14-22(20,21)9-3-1-2-8(6-9)7-12(18)15-10-4-5-11(17)16-13(10)19/h1-3,6,10H,4-5,7H2,(H,15,18)(H,16,17,19). The number of nitrogens with one attached hydrogen (secondary N) is 2. The molecule has 2 rings (SSSR count). The molecule has 0 radical (unpaired) electrons. The van der Waals surface area contributed by atoms with E-state index in [9.17, 15) is 26.7 Å². The Balaban J connectivity index is 2.01. The molecule has 22 heavy (non-hydrogen) atoms. The summed E-state index contributed by atoms with van der Waals surface area (Å²) in [7, 11) is -4.84. The van der Waals surface area contributed by atoms with Crippen molar-refractivity contribution in [1.29, 1.82) is 0 Å². The molecule has 7 nitrogen and oxygen atoms in total. The Labute approximate surface area is 126 Å². The fourth-order valence-electron chi connectivity index (χ4n) is 2.07. The normalized spacial score (nSPS) is 18.7. The Bertz CT molecular complexity index is 732. The SMILES string of the molecule is O=C1CCC(NC(=O)Cc2cccc(S(=O)(=O)F)c2)C(=O)N1. The average Bonchev–Trinajstić information content (AvgIpc) is 2.41. The lowest BCUT2D eigenvalue weighted by Crippen LogP contribution is -2.52. The minimum Gasteiger partial charge on any atom is -0.344 e. The van der Waals surface area contributed by atoms with Gasteiger partial charge < -0.3 is 5.32 Å². The first-order chi connectivity index (χ1) is 10.3. The predicted octanol–water partition coefficient (Wildman–Crippen LogP) is -0.191. The van der Waals surface area contributed by atoms with Crippen LogP contribution in [0.3, 0.4) is 0 Å². The summed E-state index contributed by atoms with van der Waals surface area (Å²) >= 11 is 0. The molecule has 118 valence electrons. The van der Waals surface area contributed by atoms with Crippen molar-refractivity contribution in [1.82, 2.24) is 10.6 Å². The second-order valence-electron chi connectivity index (χ2n) is 4.83. The highest BCUT2D eigenvalue weighted by molar-refractivity contribution is 7.86. The summed E-state index contributed by atoms with van der Waals surface area (Å²) < 4.78 is 34.5. The molecule has 9 heteroatoms. The molecule has 0 aliphatic carbocycles. The van der Waals surface area contributed by atoms with Gasteiger partial charge in [0.2, 0.25) is 17.7 Å². The van der Waals surface area contributed by atoms with Crippen molar-refractivity contribution in [3.05, 3.63) is 29.8 Å². The number of amides is 3. The first kappa shape index (κ1) is 16.1. The summed E-state index contributed by atoms with van der Waals surface area (Å²) in [6.45, 7) is 0. The molecule has 1 atom stereocenters. The van der Waals surface area contributed by atoms with Crippen LogP contribution in [0, 0.1) is 0 Å². The number of halogens is 1. The third kappa shape index (κ3) is 4.10. The minimum atomic E-state index is -4.84. The Hall–Kier alpha value is -2.29. The van der Waals surface area contributed by atoms with E-state index in [1.807, 2.05) is 0 Å². The van der Waals surface area contributed by atoms with E-state index in [1.54, 1.807) is 0 Å². The van der Waals surface area contributed by atoms with E-state index in [0.717, 1.165) is 12.1 Å². The Kier molecular flexibility index (Phi) is 4.55. The van der Waals surface area contributed by atoms with Gasteiger partial charge in [-0.25, -0.2) is 0 Å². The van der Waals surface area contributed by atoms with Crippen molar-refractivity contribution >= 4 is 27.9 Å². The maximum atomic E-state index is 12.9. The molecule has 0 saturated carbocycles. The highest BCUT2D eigenvalue weighted by atomic mass is 32.3. The van der Waals surface area contributed by atoms with Crippen LogP contribution in [0.4, 0.5) is 3.89 Å². The van der Waals surface area contributed by atoms with Crippen molar-refractivity contribution in [3.63, 3.8) is 0 Å². The summed E-state index contributed by atoms with van der Waals surface area (Å²) in [6, 6.07) is 4.12. The van der Waals surface area contributed by atoms with Gasteiger partial charge >= 0.3 is 10.2 Å². The molecule has 1 saturated heterocycles. The maximum Gasteiger partial charge on any atom is 0.332 e. The van der Waals surface area contributed by atoms with Crippen molar-refractivity contribution in [2.75, 3.05) is 0 Å². The number of rotatable bonds is 4. The van der Waals surface area contributed by atoms with Crippen LogP contribution in [-0.4, -0.2) is 32.2 Å². The molecule has 0 bridgehead atoms. The number of piperidine rings is 1. The number of benzene rings is 1. The van der Waals surface area contributed by atoms with Gasteiger partial charge in [-0.15, -0.1) is 3.89 Å². The fraction of sp³-hybridized carbons (Fsp3) is 0.308. The lowest BCUT2D eigenvalue weighted by atomic mass is 10.1. The molecule has 2 N–H and O–H groups in total. The van der Waals surface area contributed by atoms with Gasteiger partial charge in [0, 0.05) is 6.42 Å². The minimum absolute atomic E-state index is 0.131. The summed E-state index contributed by atoms with van der Waals surface area (Å²) in [6.07, 6.45) is 0.128. The maximum absolute atomic E-state index is 12.9. The highest BCUT2D eigenvalue weighted by Crippen LogP contribution is 2.14. The van der Waals surface area contributed by atoms with Crippen LogP contribution in [0.15, 0.2) is 29.2 Å². The van der Waals surface area contributed by atoms with E-state index < -0.39 is 38.9 Å². The Morgan fingerprint density at radius 2 is 2.09 bits per heavy atom. The first-order valence-corrected chi connectivity index (χ1v) is 7.81. The van der Waals surface area contributed by atoms with Crippen LogP contribution in [0.2, 0.25) is 0 Å². The number of imide groups is 1. The van der Waals surface area contributed by atoms with Gasteiger partial charge in [-0.05, 0) is 24.1 Å². The van der Waals surface area contributed by atoms with Crippen molar-refractivity contribution in [3.8, 4) is 0 Å². The molecule has 1 fully saturated rings. The average molecular weight is 328 g/mol. The topological polar surface area (TPSA) is 109 Å². The van der Waals surface area contributed by atoms with Crippen LogP contribution in [-0.2, 0) is 31.0 Å². The van der Waals surface area contributed by atoms with Gasteiger partial charge in [-0.3, -0.25) is 19.7 Å². The molecular weight excluding hydrogens is 315 g/mol. The molecule has 1 aliphatic heterocycles. The van der Waals surface area contributed by atoms with E-state index in [0.29, 0.717) is 5.56 Å². The summed E-state index contributed by atoms with van der Waals surface area (Å²) in [4.78, 5) is 33.8. The zero-order chi connectivity index (χ0) is 16.3. The van der Waals surface area contributed by atoms with Crippen molar-refractivity contribution in [2.24, 2.45) is 0 Å². The number of carbonyl (C=O) groups is 3. The third-order valence-corrected chi connectivity index (χ3v) is 3.94. The van der Waals surface area contributed by atoms with E-state index in [-0.39, 0.29) is 19.3 Å². The van der Waals surface area contributed by atoms with Crippen molar-refractivity contribution in [2.45, 2.75) is 30.2 Å². The molecule has 0 aromatic heterocycles. The van der Waals surface area contributed by atoms with Crippen LogP contribution >= 0.6 is 0 Å². The molecule has 1 unspecified atom stereocenters. The lowest BCUT2D eigenvalue weighted by molar-refractivity contribution is -0.137. The fourth-order valence-corrected chi connectivity index (χ4v) is 2.60. The highest BCUT2D eigenvalue weighted by Gasteiger charge is 2.27. The monoisotopic (exact) mass is 328 g/mol. The second-order valence-corrected chi connectivity index (χ2v) is 6.18. The predicted molar refractivity (Wildman–Crippen MR) is 72.8 cm³/mol. The quantitative estimate of drug-likeness (QED) is 0.588. The molecule has 1 aliphatic rings. The van der Waals surface area contributed by atoms with E-state index >= 15 is 0 Å². The summed E-state index contributed by atoms with van der Waals surface area (Å²) in [5.74, 6) is -1.50. The first-order valence-electron chi connectivity index (χ1n) is 6.42. The van der Waals surface area contributed by atoms with Crippen LogP contribution in [0.25, 0.3) is 0 Å². The van der Waals surface area contributed by atoms with Gasteiger partial charge in [0.15, 0.2) is 0 Å². The summed E-state index contributed by atoms with van der Waals surface area (Å²) in [5, 5.41) is 4.56. The molecule has 3 amide bonds. The van der Waals surface area contributed by atoms with Crippen LogP contribution in [0.1, 0.15) is 18.4 Å². The molecular formula is C13H13FN2O5S. The third-order valence-electron chi connectivity index (χ3n) is 3.12. The second kappa shape index (κ2) is 6.22. The lowest BCUT2D eigenvalue weighted by Gasteiger charge is -2.21. The smallest absolute Gasteiger partial charge is 0.332 e. The van der Waals surface area contributed by atoms with E-state index in [4.69, 9.17) is 0 Å². The molecule has 1 heterocycles. The summed E-state index contributed by atoms with van der Waals surface area (Å²) in [5.41, 5.74) is 0.295. The van der Waals surface area contributed by atoms with E-state index in [1.165, 1.54) is 12.1 Å². The van der Waals surface area contributed by atoms with Gasteiger partial charge in [0.25, 0.3) is 0 Å². The van der Waals surface area contributed by atoms with Crippen LogP contribution in [0.5, 0.6) is 0 Å². The van der Waals surface area contributed by atoms with Crippen LogP contribution < -0.4 is 10.6 Å².